The van der Waals surface area contributed by atoms with Gasteiger partial charge >= 0.3 is 0 Å². The van der Waals surface area contributed by atoms with E-state index in [1.54, 1.807) is 36.4 Å². The van der Waals surface area contributed by atoms with Gasteiger partial charge in [-0.3, -0.25) is 9.82 Å². The molecule has 184 valence electrons. The van der Waals surface area contributed by atoms with Crippen molar-refractivity contribution in [3.8, 4) is 5.75 Å². The van der Waals surface area contributed by atoms with Crippen LogP contribution >= 0.6 is 11.6 Å². The summed E-state index contributed by atoms with van der Waals surface area (Å²) in [6.45, 7) is 3.30. The van der Waals surface area contributed by atoms with E-state index < -0.39 is 16.1 Å². The lowest BCUT2D eigenvalue weighted by Crippen LogP contribution is -2.26. The van der Waals surface area contributed by atoms with E-state index in [0.29, 0.717) is 29.4 Å². The summed E-state index contributed by atoms with van der Waals surface area (Å²) in [4.78, 5) is 0.0647. The third-order valence-electron chi connectivity index (χ3n) is 5.47. The first-order chi connectivity index (χ1) is 16.9. The summed E-state index contributed by atoms with van der Waals surface area (Å²) < 4.78 is 33.6. The Morgan fingerprint density at radius 3 is 2.74 bits per heavy atom. The number of aliphatic hydroxyl groups excluding tert-OH is 1. The molecule has 0 bridgehead atoms. The standard InChI is InChI=1S/C25H27ClN4O4S/c1-2-23-22-10-9-20(15-24(22)29-28-23)34-12-11-27-16-25(31)17-5-3-7-19(13-17)30-35(32,33)21-8-4-6-18(26)14-21/h3-10,13-15,25,27,30-31H,2,11-12,16H2,1H3,(H,28,29)/t25-/m0/s1. The average Bonchev–Trinajstić information content (AvgIpc) is 3.26. The fourth-order valence-electron chi connectivity index (χ4n) is 3.66. The number of anilines is 1. The van der Waals surface area contributed by atoms with Crippen molar-refractivity contribution in [2.24, 2.45) is 0 Å². The molecule has 0 unspecified atom stereocenters. The summed E-state index contributed by atoms with van der Waals surface area (Å²) in [6.07, 6.45) is 0.0677. The van der Waals surface area contributed by atoms with Gasteiger partial charge < -0.3 is 15.2 Å². The Balaban J connectivity index is 1.27. The average molecular weight is 515 g/mol. The number of fused-ring (bicyclic) bond motifs is 1. The van der Waals surface area contributed by atoms with Gasteiger partial charge in [-0.15, -0.1) is 0 Å². The Kier molecular flexibility index (Phi) is 7.92. The second-order valence-corrected chi connectivity index (χ2v) is 10.1. The van der Waals surface area contributed by atoms with E-state index in [1.165, 1.54) is 12.1 Å². The molecule has 0 radical (unpaired) electrons. The van der Waals surface area contributed by atoms with Crippen LogP contribution in [0.3, 0.4) is 0 Å². The van der Waals surface area contributed by atoms with Gasteiger partial charge in [-0.1, -0.05) is 36.7 Å². The highest BCUT2D eigenvalue weighted by molar-refractivity contribution is 7.92. The second kappa shape index (κ2) is 11.1. The number of rotatable bonds is 11. The number of hydrogen-bond acceptors (Lipinski definition) is 6. The topological polar surface area (TPSA) is 116 Å². The molecule has 4 aromatic rings. The molecule has 0 saturated carbocycles. The van der Waals surface area contributed by atoms with Crippen molar-refractivity contribution >= 4 is 38.2 Å². The van der Waals surface area contributed by atoms with Gasteiger partial charge in [-0.25, -0.2) is 8.42 Å². The molecule has 0 aliphatic rings. The predicted octanol–water partition coefficient (Wildman–Crippen LogP) is 4.28. The number of aromatic amines is 1. The summed E-state index contributed by atoms with van der Waals surface area (Å²) >= 11 is 5.91. The molecule has 8 nitrogen and oxygen atoms in total. The van der Waals surface area contributed by atoms with Crippen LogP contribution in [0.2, 0.25) is 5.02 Å². The Morgan fingerprint density at radius 2 is 1.94 bits per heavy atom. The normalized spacial score (nSPS) is 12.5. The van der Waals surface area contributed by atoms with Crippen LogP contribution in [0, 0.1) is 0 Å². The number of aliphatic hydroxyl groups is 1. The van der Waals surface area contributed by atoms with E-state index in [4.69, 9.17) is 16.3 Å². The number of nitrogens with zero attached hydrogens (tertiary/aromatic N) is 1. The number of hydrogen-bond donors (Lipinski definition) is 4. The molecule has 0 fully saturated rings. The Hall–Kier alpha value is -3.11. The van der Waals surface area contributed by atoms with Crippen molar-refractivity contribution in [1.82, 2.24) is 15.5 Å². The summed E-state index contributed by atoms with van der Waals surface area (Å²) in [5, 5.41) is 22.5. The third-order valence-corrected chi connectivity index (χ3v) is 7.09. The number of aromatic nitrogens is 2. The fraction of sp³-hybridized carbons (Fsp3) is 0.240. The van der Waals surface area contributed by atoms with Gasteiger partial charge in [0, 0.05) is 40.9 Å². The molecule has 3 aromatic carbocycles. The molecule has 0 aliphatic carbocycles. The number of sulfonamides is 1. The number of benzene rings is 3. The molecule has 10 heteroatoms. The van der Waals surface area contributed by atoms with Gasteiger partial charge in [0.05, 0.1) is 16.5 Å². The number of aryl methyl sites for hydroxylation is 1. The molecular formula is C25H27ClN4O4S. The molecular weight excluding hydrogens is 488 g/mol. The van der Waals surface area contributed by atoms with Crippen LogP contribution in [0.4, 0.5) is 5.69 Å². The van der Waals surface area contributed by atoms with Crippen molar-refractivity contribution in [1.29, 1.82) is 0 Å². The van der Waals surface area contributed by atoms with Gasteiger partial charge in [0.25, 0.3) is 10.0 Å². The molecule has 4 N–H and O–H groups in total. The van der Waals surface area contributed by atoms with Crippen molar-refractivity contribution in [3.05, 3.63) is 83.0 Å². The molecule has 1 heterocycles. The fourth-order valence-corrected chi connectivity index (χ4v) is 5.01. The Bertz CT molecular complexity index is 1410. The van der Waals surface area contributed by atoms with E-state index in [0.717, 1.165) is 28.8 Å². The van der Waals surface area contributed by atoms with Gasteiger partial charge in [-0.2, -0.15) is 5.10 Å². The summed E-state index contributed by atoms with van der Waals surface area (Å²) in [5.74, 6) is 0.730. The van der Waals surface area contributed by atoms with Crippen LogP contribution in [-0.2, 0) is 16.4 Å². The highest BCUT2D eigenvalue weighted by Crippen LogP contribution is 2.23. The Morgan fingerprint density at radius 1 is 1.11 bits per heavy atom. The smallest absolute Gasteiger partial charge is 0.261 e. The van der Waals surface area contributed by atoms with E-state index in [1.807, 2.05) is 18.2 Å². The number of ether oxygens (including phenoxy) is 1. The number of H-pyrrole nitrogens is 1. The molecule has 4 rings (SSSR count). The number of nitrogens with one attached hydrogen (secondary N) is 3. The summed E-state index contributed by atoms with van der Waals surface area (Å²) in [6, 6.07) is 18.5. The van der Waals surface area contributed by atoms with Crippen LogP contribution in [0.15, 0.2) is 71.6 Å². The SMILES string of the molecule is CCc1[nH]nc2cc(OCCNC[C@H](O)c3cccc(NS(=O)(=O)c4cccc(Cl)c4)c3)ccc12. The highest BCUT2D eigenvalue weighted by Gasteiger charge is 2.16. The van der Waals surface area contributed by atoms with E-state index in [2.05, 4.69) is 27.2 Å². The van der Waals surface area contributed by atoms with E-state index >= 15 is 0 Å². The van der Waals surface area contributed by atoms with Crippen molar-refractivity contribution < 1.29 is 18.3 Å². The lowest BCUT2D eigenvalue weighted by molar-refractivity contribution is 0.172. The minimum absolute atomic E-state index is 0.0647. The maximum absolute atomic E-state index is 12.6. The highest BCUT2D eigenvalue weighted by atomic mass is 35.5. The van der Waals surface area contributed by atoms with Crippen LogP contribution < -0.4 is 14.8 Å². The molecule has 1 atom stereocenters. The maximum Gasteiger partial charge on any atom is 0.261 e. The summed E-state index contributed by atoms with van der Waals surface area (Å²) in [5.41, 5.74) is 2.91. The molecule has 35 heavy (non-hydrogen) atoms. The summed E-state index contributed by atoms with van der Waals surface area (Å²) in [7, 11) is -3.80. The van der Waals surface area contributed by atoms with Gasteiger partial charge in [0.2, 0.25) is 0 Å². The predicted molar refractivity (Wildman–Crippen MR) is 137 cm³/mol. The second-order valence-electron chi connectivity index (χ2n) is 7.99. The van der Waals surface area contributed by atoms with E-state index in [-0.39, 0.29) is 11.4 Å². The lowest BCUT2D eigenvalue weighted by Gasteiger charge is -2.15. The molecule has 0 saturated heterocycles. The zero-order chi connectivity index (χ0) is 24.8. The molecule has 0 spiro atoms. The minimum Gasteiger partial charge on any atom is -0.492 e. The zero-order valence-corrected chi connectivity index (χ0v) is 20.7. The van der Waals surface area contributed by atoms with E-state index in [9.17, 15) is 13.5 Å². The van der Waals surface area contributed by atoms with Crippen LogP contribution in [0.1, 0.15) is 24.3 Å². The van der Waals surface area contributed by atoms with Crippen LogP contribution in [-0.4, -0.2) is 43.4 Å². The quantitative estimate of drug-likeness (QED) is 0.222. The first-order valence-electron chi connectivity index (χ1n) is 11.2. The van der Waals surface area contributed by atoms with Crippen LogP contribution in [0.25, 0.3) is 10.9 Å². The monoisotopic (exact) mass is 514 g/mol. The maximum atomic E-state index is 12.6. The molecule has 0 aliphatic heterocycles. The zero-order valence-electron chi connectivity index (χ0n) is 19.2. The third kappa shape index (κ3) is 6.32. The van der Waals surface area contributed by atoms with Crippen molar-refractivity contribution in [2.75, 3.05) is 24.4 Å². The minimum atomic E-state index is -3.80. The molecule has 0 amide bonds. The van der Waals surface area contributed by atoms with Crippen molar-refractivity contribution in [2.45, 2.75) is 24.3 Å². The van der Waals surface area contributed by atoms with Gasteiger partial charge in [0.15, 0.2) is 0 Å². The van der Waals surface area contributed by atoms with Gasteiger partial charge in [0.1, 0.15) is 12.4 Å². The largest absolute Gasteiger partial charge is 0.492 e. The molecule has 1 aromatic heterocycles. The van der Waals surface area contributed by atoms with Crippen LogP contribution in [0.5, 0.6) is 5.75 Å². The first kappa shape index (κ1) is 25.0. The number of halogens is 1. The van der Waals surface area contributed by atoms with Gasteiger partial charge in [-0.05, 0) is 54.4 Å². The lowest BCUT2D eigenvalue weighted by atomic mass is 10.1. The first-order valence-corrected chi connectivity index (χ1v) is 13.1. The Labute approximate surface area is 209 Å². The van der Waals surface area contributed by atoms with Crippen molar-refractivity contribution in [3.63, 3.8) is 0 Å².